The van der Waals surface area contributed by atoms with Crippen LogP contribution in [0.15, 0.2) is 15.4 Å². The molecule has 0 bridgehead atoms. The quantitative estimate of drug-likeness (QED) is 0.465. The van der Waals surface area contributed by atoms with E-state index in [4.69, 9.17) is 23.2 Å². The number of aromatic nitrogens is 1. The van der Waals surface area contributed by atoms with Crippen molar-refractivity contribution in [2.45, 2.75) is 59.9 Å². The summed E-state index contributed by atoms with van der Waals surface area (Å²) in [4.78, 5) is 25.9. The first-order valence-electron chi connectivity index (χ1n) is 9.53. The fourth-order valence-electron chi connectivity index (χ4n) is 3.93. The van der Waals surface area contributed by atoms with Crippen LogP contribution >= 0.6 is 23.2 Å². The fourth-order valence-corrected chi connectivity index (χ4v) is 4.20. The maximum Gasteiger partial charge on any atom is 0.271 e. The van der Waals surface area contributed by atoms with Crippen LogP contribution in [0.5, 0.6) is 5.88 Å². The largest absolute Gasteiger partial charge is 0.494 e. The number of aromatic hydroxyl groups is 1. The van der Waals surface area contributed by atoms with Crippen molar-refractivity contribution in [2.24, 2.45) is 17.3 Å². The SMILES string of the molecule is CCCCCCn1c(O)c(C(=O)C2C(C=C(Cl)Cl)C2(C)C)c(C)c(C#N)c1=O. The molecule has 0 saturated heterocycles. The van der Waals surface area contributed by atoms with Crippen molar-refractivity contribution in [2.75, 3.05) is 0 Å². The van der Waals surface area contributed by atoms with E-state index in [1.165, 1.54) is 6.92 Å². The molecule has 152 valence electrons. The highest BCUT2D eigenvalue weighted by atomic mass is 35.5. The van der Waals surface area contributed by atoms with Crippen LogP contribution in [0.3, 0.4) is 0 Å². The van der Waals surface area contributed by atoms with Gasteiger partial charge in [-0.05, 0) is 36.3 Å². The number of carbonyl (C=O) groups excluding carboxylic acids is 1. The summed E-state index contributed by atoms with van der Waals surface area (Å²) in [5.41, 5.74) is -0.758. The lowest BCUT2D eigenvalue weighted by atomic mass is 9.96. The first-order chi connectivity index (χ1) is 13.1. The lowest BCUT2D eigenvalue weighted by molar-refractivity contribution is 0.0946. The van der Waals surface area contributed by atoms with Crippen molar-refractivity contribution in [3.63, 3.8) is 0 Å². The molecule has 0 spiro atoms. The summed E-state index contributed by atoms with van der Waals surface area (Å²) in [6.07, 6.45) is 5.27. The number of allylic oxidation sites excluding steroid dienone is 1. The Hall–Kier alpha value is -1.77. The highest BCUT2D eigenvalue weighted by molar-refractivity contribution is 6.55. The molecule has 0 aromatic carbocycles. The Labute approximate surface area is 175 Å². The van der Waals surface area contributed by atoms with Crippen molar-refractivity contribution in [1.82, 2.24) is 4.57 Å². The van der Waals surface area contributed by atoms with Gasteiger partial charge in [0.1, 0.15) is 16.1 Å². The van der Waals surface area contributed by atoms with Gasteiger partial charge in [-0.15, -0.1) is 0 Å². The number of carbonyl (C=O) groups is 1. The number of Topliss-reactive ketones (excluding diaryl/α,β-unsaturated/α-hetero) is 1. The number of hydrogen-bond donors (Lipinski definition) is 1. The smallest absolute Gasteiger partial charge is 0.271 e. The third-order valence-corrected chi connectivity index (χ3v) is 6.03. The van der Waals surface area contributed by atoms with Gasteiger partial charge in [-0.25, -0.2) is 0 Å². The van der Waals surface area contributed by atoms with Gasteiger partial charge in [-0.3, -0.25) is 14.2 Å². The van der Waals surface area contributed by atoms with E-state index in [1.807, 2.05) is 19.9 Å². The molecular weight excluding hydrogens is 399 g/mol. The summed E-state index contributed by atoms with van der Waals surface area (Å²) in [6.45, 7) is 7.72. The summed E-state index contributed by atoms with van der Waals surface area (Å²) >= 11 is 11.5. The van der Waals surface area contributed by atoms with Crippen molar-refractivity contribution in [1.29, 1.82) is 5.26 Å². The summed E-state index contributed by atoms with van der Waals surface area (Å²) < 4.78 is 1.25. The third-order valence-electron chi connectivity index (χ3n) is 5.78. The zero-order valence-corrected chi connectivity index (χ0v) is 18.2. The normalized spacial score (nSPS) is 19.8. The Bertz CT molecular complexity index is 906. The molecule has 0 amide bonds. The molecule has 1 saturated carbocycles. The molecule has 1 aliphatic carbocycles. The van der Waals surface area contributed by atoms with Gasteiger partial charge in [-0.1, -0.05) is 63.2 Å². The molecule has 1 aromatic heterocycles. The van der Waals surface area contributed by atoms with Gasteiger partial charge in [-0.2, -0.15) is 5.26 Å². The van der Waals surface area contributed by atoms with Gasteiger partial charge in [0.25, 0.3) is 5.56 Å². The Kier molecular flexibility index (Phi) is 7.01. The zero-order valence-electron chi connectivity index (χ0n) is 16.7. The molecule has 7 heteroatoms. The Morgan fingerprint density at radius 2 is 1.96 bits per heavy atom. The standard InChI is InChI=1S/C21H26Cl2N2O3/c1-5-6-7-8-9-25-19(27)13(11-24)12(2)16(20(25)28)18(26)17-14(10-15(22)23)21(17,3)4/h10,14,17,28H,5-9H2,1-4H3. The van der Waals surface area contributed by atoms with Crippen molar-refractivity contribution in [3.8, 4) is 11.9 Å². The van der Waals surface area contributed by atoms with E-state index in [-0.39, 0.29) is 50.7 Å². The van der Waals surface area contributed by atoms with Gasteiger partial charge >= 0.3 is 0 Å². The summed E-state index contributed by atoms with van der Waals surface area (Å²) in [5.74, 6) is -1.25. The number of unbranched alkanes of at least 4 members (excludes halogenated alkanes) is 3. The highest BCUT2D eigenvalue weighted by Gasteiger charge is 2.61. The number of nitriles is 1. The molecular formula is C21H26Cl2N2O3. The Morgan fingerprint density at radius 1 is 1.32 bits per heavy atom. The Balaban J connectivity index is 2.50. The molecule has 1 aliphatic rings. The van der Waals surface area contributed by atoms with Crippen molar-refractivity contribution in [3.05, 3.63) is 37.6 Å². The van der Waals surface area contributed by atoms with Crippen LogP contribution in [0.2, 0.25) is 0 Å². The van der Waals surface area contributed by atoms with Crippen molar-refractivity contribution >= 4 is 29.0 Å². The minimum atomic E-state index is -0.555. The molecule has 2 atom stereocenters. The molecule has 5 nitrogen and oxygen atoms in total. The van der Waals surface area contributed by atoms with E-state index in [2.05, 4.69) is 6.92 Å². The zero-order chi connectivity index (χ0) is 21.2. The number of rotatable bonds is 8. The van der Waals surface area contributed by atoms with Crippen LogP contribution < -0.4 is 5.56 Å². The average Bonchev–Trinajstić information content (AvgIpc) is 3.13. The van der Waals surface area contributed by atoms with Gasteiger partial charge in [0, 0.05) is 12.5 Å². The first-order valence-corrected chi connectivity index (χ1v) is 10.3. The van der Waals surface area contributed by atoms with Gasteiger partial charge in [0.05, 0.1) is 5.56 Å². The number of nitrogens with zero attached hydrogens (tertiary/aromatic N) is 2. The average molecular weight is 425 g/mol. The predicted octanol–water partition coefficient (Wildman–Crippen LogP) is 5.09. The summed E-state index contributed by atoms with van der Waals surface area (Å²) in [7, 11) is 0. The van der Waals surface area contributed by atoms with Crippen LogP contribution in [-0.4, -0.2) is 15.5 Å². The van der Waals surface area contributed by atoms with Crippen LogP contribution in [0.4, 0.5) is 0 Å². The van der Waals surface area contributed by atoms with E-state index in [0.29, 0.717) is 6.42 Å². The number of hydrogen-bond acceptors (Lipinski definition) is 4. The van der Waals surface area contributed by atoms with Crippen LogP contribution in [-0.2, 0) is 6.54 Å². The minimum absolute atomic E-state index is 0.0475. The van der Waals surface area contributed by atoms with Gasteiger partial charge in [0.2, 0.25) is 5.88 Å². The van der Waals surface area contributed by atoms with Gasteiger partial charge in [0.15, 0.2) is 5.78 Å². The van der Waals surface area contributed by atoms with E-state index in [0.717, 1.165) is 23.8 Å². The molecule has 1 aromatic rings. The molecule has 28 heavy (non-hydrogen) atoms. The molecule has 1 fully saturated rings. The maximum atomic E-state index is 13.3. The summed E-state index contributed by atoms with van der Waals surface area (Å²) in [6, 6.07) is 1.90. The van der Waals surface area contributed by atoms with Gasteiger partial charge < -0.3 is 5.11 Å². The molecule has 0 radical (unpaired) electrons. The minimum Gasteiger partial charge on any atom is -0.494 e. The molecule has 1 N–H and O–H groups in total. The maximum absolute atomic E-state index is 13.3. The van der Waals surface area contributed by atoms with Crippen LogP contribution in [0, 0.1) is 35.5 Å². The third kappa shape index (κ3) is 4.14. The fraction of sp³-hybridized carbons (Fsp3) is 0.571. The number of ketones is 1. The molecule has 0 aliphatic heterocycles. The molecule has 2 unspecified atom stereocenters. The van der Waals surface area contributed by atoms with E-state index < -0.39 is 11.5 Å². The second kappa shape index (κ2) is 8.71. The second-order valence-corrected chi connectivity index (χ2v) is 8.98. The van der Waals surface area contributed by atoms with E-state index in [1.54, 1.807) is 6.08 Å². The molecule has 2 rings (SSSR count). The monoisotopic (exact) mass is 424 g/mol. The number of pyridine rings is 1. The van der Waals surface area contributed by atoms with Crippen LogP contribution in [0.25, 0.3) is 0 Å². The second-order valence-electron chi connectivity index (χ2n) is 7.97. The van der Waals surface area contributed by atoms with Crippen LogP contribution in [0.1, 0.15) is 67.9 Å². The predicted molar refractivity (Wildman–Crippen MR) is 111 cm³/mol. The highest BCUT2D eigenvalue weighted by Crippen LogP contribution is 2.61. The van der Waals surface area contributed by atoms with E-state index in [9.17, 15) is 20.0 Å². The van der Waals surface area contributed by atoms with Crippen molar-refractivity contribution < 1.29 is 9.90 Å². The van der Waals surface area contributed by atoms with E-state index >= 15 is 0 Å². The first kappa shape index (κ1) is 22.5. The molecule has 1 heterocycles. The lowest BCUT2D eigenvalue weighted by Crippen LogP contribution is -2.27. The summed E-state index contributed by atoms with van der Waals surface area (Å²) in [5, 5.41) is 20.2. The topological polar surface area (TPSA) is 83.1 Å². The number of halogens is 2. The lowest BCUT2D eigenvalue weighted by Gasteiger charge is -2.16. The Morgan fingerprint density at radius 3 is 2.50 bits per heavy atom.